The highest BCUT2D eigenvalue weighted by Gasteiger charge is 2.12. The molecule has 0 aliphatic carbocycles. The molecule has 0 atom stereocenters. The maximum atomic E-state index is 9.47. The number of hydrogen-bond donors (Lipinski definition) is 2. The molecule has 0 saturated heterocycles. The quantitative estimate of drug-likeness (QED) is 0.869. The summed E-state index contributed by atoms with van der Waals surface area (Å²) in [4.78, 5) is 0. The maximum Gasteiger partial charge on any atom is 0.115 e. The molecule has 4 heteroatoms. The summed E-state index contributed by atoms with van der Waals surface area (Å²) in [5.74, 6) is 0.279. The third-order valence-corrected chi connectivity index (χ3v) is 3.09. The number of nitrogen functional groups attached to an aromatic ring is 1. The van der Waals surface area contributed by atoms with Crippen LogP contribution in [0.1, 0.15) is 30.8 Å². The number of aryl methyl sites for hydroxylation is 1. The fourth-order valence-electron chi connectivity index (χ4n) is 2.16. The van der Waals surface area contributed by atoms with Crippen LogP contribution in [0.5, 0.6) is 5.75 Å². The molecule has 0 unspecified atom stereocenters. The first-order valence-corrected chi connectivity index (χ1v) is 6.27. The number of nitrogens with two attached hydrogens (primary N) is 1. The first-order chi connectivity index (χ1) is 8.65. The normalized spacial score (nSPS) is 10.8. The molecular weight excluding hydrogens is 226 g/mol. The van der Waals surface area contributed by atoms with Crippen LogP contribution in [0.4, 0.5) is 5.69 Å². The van der Waals surface area contributed by atoms with Gasteiger partial charge in [0.05, 0.1) is 23.6 Å². The lowest BCUT2D eigenvalue weighted by atomic mass is 10.2. The van der Waals surface area contributed by atoms with Crippen molar-refractivity contribution in [3.63, 3.8) is 0 Å². The van der Waals surface area contributed by atoms with Crippen LogP contribution < -0.4 is 5.73 Å². The lowest BCUT2D eigenvalue weighted by Crippen LogP contribution is -2.06. The van der Waals surface area contributed by atoms with Crippen molar-refractivity contribution in [2.45, 2.75) is 33.2 Å². The second-order valence-corrected chi connectivity index (χ2v) is 4.34. The van der Waals surface area contributed by atoms with E-state index in [1.54, 1.807) is 12.1 Å². The van der Waals surface area contributed by atoms with E-state index in [1.165, 1.54) is 0 Å². The molecule has 0 amide bonds. The number of phenols is 1. The highest BCUT2D eigenvalue weighted by molar-refractivity contribution is 5.48. The lowest BCUT2D eigenvalue weighted by molar-refractivity contribution is 0.474. The standard InChI is InChI=1S/C14H19N3O/c1-3-12-14(15)13(4-2)17(16-12)9-10-6-5-7-11(18)8-10/h5-8,18H,3-4,9,15H2,1-2H3. The van der Waals surface area contributed by atoms with Gasteiger partial charge in [-0.25, -0.2) is 0 Å². The minimum absolute atomic E-state index is 0.279. The van der Waals surface area contributed by atoms with Crippen molar-refractivity contribution in [3.05, 3.63) is 41.2 Å². The molecule has 1 aromatic heterocycles. The summed E-state index contributed by atoms with van der Waals surface area (Å²) < 4.78 is 1.93. The molecule has 0 fully saturated rings. The van der Waals surface area contributed by atoms with Gasteiger partial charge in [0.15, 0.2) is 0 Å². The Balaban J connectivity index is 2.34. The van der Waals surface area contributed by atoms with E-state index in [0.29, 0.717) is 6.54 Å². The van der Waals surface area contributed by atoms with Gasteiger partial charge in [-0.1, -0.05) is 26.0 Å². The minimum atomic E-state index is 0.279. The van der Waals surface area contributed by atoms with Gasteiger partial charge >= 0.3 is 0 Å². The van der Waals surface area contributed by atoms with Crippen LogP contribution >= 0.6 is 0 Å². The molecule has 0 spiro atoms. The van der Waals surface area contributed by atoms with Gasteiger partial charge in [0.25, 0.3) is 0 Å². The number of benzene rings is 1. The fourth-order valence-corrected chi connectivity index (χ4v) is 2.16. The molecular formula is C14H19N3O. The van der Waals surface area contributed by atoms with Crippen LogP contribution in [-0.2, 0) is 19.4 Å². The largest absolute Gasteiger partial charge is 0.508 e. The lowest BCUT2D eigenvalue weighted by Gasteiger charge is -2.06. The average Bonchev–Trinajstić information content (AvgIpc) is 2.65. The number of phenolic OH excluding ortho intramolecular Hbond substituents is 1. The molecule has 0 saturated carbocycles. The number of rotatable bonds is 4. The van der Waals surface area contributed by atoms with Gasteiger partial charge in [0, 0.05) is 0 Å². The maximum absolute atomic E-state index is 9.47. The molecule has 18 heavy (non-hydrogen) atoms. The van der Waals surface area contributed by atoms with E-state index < -0.39 is 0 Å². The second kappa shape index (κ2) is 5.12. The first-order valence-electron chi connectivity index (χ1n) is 6.27. The molecule has 1 aromatic carbocycles. The number of hydrogen-bond acceptors (Lipinski definition) is 3. The van der Waals surface area contributed by atoms with E-state index in [4.69, 9.17) is 5.73 Å². The van der Waals surface area contributed by atoms with Crippen molar-refractivity contribution >= 4 is 5.69 Å². The van der Waals surface area contributed by atoms with E-state index >= 15 is 0 Å². The Hall–Kier alpha value is -1.97. The molecule has 3 N–H and O–H groups in total. The van der Waals surface area contributed by atoms with Gasteiger partial charge < -0.3 is 10.8 Å². The highest BCUT2D eigenvalue weighted by atomic mass is 16.3. The fraction of sp³-hybridized carbons (Fsp3) is 0.357. The summed E-state index contributed by atoms with van der Waals surface area (Å²) in [7, 11) is 0. The zero-order chi connectivity index (χ0) is 13.1. The van der Waals surface area contributed by atoms with Crippen LogP contribution in [0, 0.1) is 0 Å². The van der Waals surface area contributed by atoms with E-state index in [2.05, 4.69) is 18.9 Å². The summed E-state index contributed by atoms with van der Waals surface area (Å²) in [6, 6.07) is 7.23. The van der Waals surface area contributed by atoms with Crippen LogP contribution in [0.2, 0.25) is 0 Å². The van der Waals surface area contributed by atoms with Crippen molar-refractivity contribution in [1.29, 1.82) is 0 Å². The molecule has 1 heterocycles. The van der Waals surface area contributed by atoms with Crippen LogP contribution in [-0.4, -0.2) is 14.9 Å². The molecule has 0 radical (unpaired) electrons. The van der Waals surface area contributed by atoms with E-state index in [9.17, 15) is 5.11 Å². The monoisotopic (exact) mass is 245 g/mol. The highest BCUT2D eigenvalue weighted by Crippen LogP contribution is 2.20. The van der Waals surface area contributed by atoms with Gasteiger partial charge in [-0.15, -0.1) is 0 Å². The number of nitrogens with zero attached hydrogens (tertiary/aromatic N) is 2. The van der Waals surface area contributed by atoms with E-state index in [1.807, 2.05) is 16.8 Å². The van der Waals surface area contributed by atoms with Gasteiger partial charge in [0.1, 0.15) is 5.75 Å². The molecule has 2 rings (SSSR count). The summed E-state index contributed by atoms with van der Waals surface area (Å²) in [5.41, 5.74) is 9.92. The van der Waals surface area contributed by atoms with Crippen LogP contribution in [0.25, 0.3) is 0 Å². The Labute approximate surface area is 107 Å². The van der Waals surface area contributed by atoms with Crippen molar-refractivity contribution in [2.75, 3.05) is 5.73 Å². The van der Waals surface area contributed by atoms with E-state index in [-0.39, 0.29) is 5.75 Å². The Morgan fingerprint density at radius 2 is 2.06 bits per heavy atom. The molecule has 96 valence electrons. The van der Waals surface area contributed by atoms with E-state index in [0.717, 1.165) is 35.5 Å². The topological polar surface area (TPSA) is 64.1 Å². The van der Waals surface area contributed by atoms with Gasteiger partial charge in [0.2, 0.25) is 0 Å². The minimum Gasteiger partial charge on any atom is -0.508 e. The predicted octanol–water partition coefficient (Wildman–Crippen LogP) is 2.34. The van der Waals surface area contributed by atoms with Crippen LogP contribution in [0.15, 0.2) is 24.3 Å². The van der Waals surface area contributed by atoms with Crippen molar-refractivity contribution in [2.24, 2.45) is 0 Å². The average molecular weight is 245 g/mol. The Kier molecular flexibility index (Phi) is 3.55. The summed E-state index contributed by atoms with van der Waals surface area (Å²) in [5, 5.41) is 14.0. The Morgan fingerprint density at radius 3 is 2.67 bits per heavy atom. The van der Waals surface area contributed by atoms with Crippen molar-refractivity contribution in [1.82, 2.24) is 9.78 Å². The van der Waals surface area contributed by atoms with Crippen molar-refractivity contribution < 1.29 is 5.11 Å². The number of anilines is 1. The zero-order valence-electron chi connectivity index (χ0n) is 10.8. The third-order valence-electron chi connectivity index (χ3n) is 3.09. The molecule has 2 aromatic rings. The Morgan fingerprint density at radius 1 is 1.28 bits per heavy atom. The molecule has 4 nitrogen and oxygen atoms in total. The third kappa shape index (κ3) is 2.32. The zero-order valence-corrected chi connectivity index (χ0v) is 10.8. The van der Waals surface area contributed by atoms with Crippen LogP contribution in [0.3, 0.4) is 0 Å². The SMILES string of the molecule is CCc1nn(Cc2cccc(O)c2)c(CC)c1N. The molecule has 0 aliphatic heterocycles. The summed E-state index contributed by atoms with van der Waals surface area (Å²) >= 11 is 0. The number of aromatic nitrogens is 2. The molecule has 0 bridgehead atoms. The summed E-state index contributed by atoms with van der Waals surface area (Å²) in [6.45, 7) is 4.77. The first kappa shape index (κ1) is 12.5. The predicted molar refractivity (Wildman–Crippen MR) is 72.6 cm³/mol. The molecule has 0 aliphatic rings. The number of aromatic hydroxyl groups is 1. The Bertz CT molecular complexity index is 546. The summed E-state index contributed by atoms with van der Waals surface area (Å²) in [6.07, 6.45) is 1.70. The smallest absolute Gasteiger partial charge is 0.115 e. The van der Waals surface area contributed by atoms with Gasteiger partial charge in [-0.05, 0) is 30.5 Å². The van der Waals surface area contributed by atoms with Gasteiger partial charge in [-0.2, -0.15) is 5.10 Å². The van der Waals surface area contributed by atoms with Crippen molar-refractivity contribution in [3.8, 4) is 5.75 Å². The second-order valence-electron chi connectivity index (χ2n) is 4.34. The van der Waals surface area contributed by atoms with Gasteiger partial charge in [-0.3, -0.25) is 4.68 Å².